The highest BCUT2D eigenvalue weighted by atomic mass is 79.9. The van der Waals surface area contributed by atoms with Gasteiger partial charge in [-0.2, -0.15) is 10.2 Å². The highest BCUT2D eigenvalue weighted by molar-refractivity contribution is 9.10. The quantitative estimate of drug-likeness (QED) is 0.0528. The molecule has 0 aliphatic carbocycles. The predicted octanol–water partition coefficient (Wildman–Crippen LogP) is 8.47. The Morgan fingerprint density at radius 1 is 0.543 bits per heavy atom. The minimum Gasteiger partial charge on any atom is -0.321 e. The molecular weight excluding hydrogens is 1100 g/mol. The van der Waals surface area contributed by atoms with Gasteiger partial charge in [0.2, 0.25) is 20.0 Å². The summed E-state index contributed by atoms with van der Waals surface area (Å²) in [5.41, 5.74) is 2.43. The SMILES string of the molecule is NS(=O)(=O)c1ccc(-n2nc(C(=O)NC(O[PH](=O)OC(NC(=O)c3cc(-c4ccc(F)cc4)n(-c4ccc(S(N)(=O)=O)cc4)n3)c3ccc(Br)cc3)c3ccc(Br)cc3)cc2-c2ccc(F)cc2)cc1. The van der Waals surface area contributed by atoms with Crippen LogP contribution in [0.3, 0.4) is 0 Å². The molecule has 0 saturated carbocycles. The summed E-state index contributed by atoms with van der Waals surface area (Å²) in [5.74, 6) is -2.68. The van der Waals surface area contributed by atoms with Gasteiger partial charge in [-0.25, -0.2) is 45.3 Å². The number of sulfonamides is 2. The lowest BCUT2D eigenvalue weighted by Crippen LogP contribution is -2.31. The standard InChI is InChI=1S/C46H35Br2F2N8O9PS2/c47-31-9-1-29(2-10-31)45(53-43(59)39-25-41(27-5-13-33(49)14-6-27)57(55-39)35-17-21-37(22-18-35)69(51,62)63)66-68(61)67-46(30-3-11-32(48)12-4-30)54-44(60)40-26-42(28-7-15-34(50)16-8-28)58(56-40)36-19-23-38(24-20-36)70(52,64)65/h1-26,45-46,68H,(H,53,59)(H,54,60)(H2,51,62,63)(H2,52,64,65). The minimum atomic E-state index is -4.04. The van der Waals surface area contributed by atoms with Gasteiger partial charge < -0.3 is 10.6 Å². The van der Waals surface area contributed by atoms with Crippen molar-refractivity contribution in [3.8, 4) is 33.9 Å². The maximum absolute atomic E-state index is 14.1. The molecule has 24 heteroatoms. The largest absolute Gasteiger partial charge is 0.323 e. The maximum atomic E-state index is 14.1. The van der Waals surface area contributed by atoms with Crippen molar-refractivity contribution in [3.63, 3.8) is 0 Å². The maximum Gasteiger partial charge on any atom is 0.323 e. The molecule has 2 unspecified atom stereocenters. The summed E-state index contributed by atoms with van der Waals surface area (Å²) in [6.07, 6.45) is -2.92. The van der Waals surface area contributed by atoms with E-state index in [2.05, 4.69) is 52.7 Å². The zero-order valence-electron chi connectivity index (χ0n) is 35.6. The topological polar surface area (TPSA) is 250 Å². The third kappa shape index (κ3) is 11.9. The Balaban J connectivity index is 1.08. The van der Waals surface area contributed by atoms with E-state index in [-0.39, 0.29) is 21.2 Å². The van der Waals surface area contributed by atoms with E-state index >= 15 is 0 Å². The number of nitrogens with two attached hydrogens (primary N) is 2. The fourth-order valence-corrected chi connectivity index (χ4v) is 9.22. The number of amides is 2. The Bertz CT molecular complexity index is 3250. The highest BCUT2D eigenvalue weighted by Gasteiger charge is 2.27. The summed E-state index contributed by atoms with van der Waals surface area (Å²) in [7, 11) is -11.8. The Hall–Kier alpha value is -6.53. The second kappa shape index (κ2) is 20.8. The monoisotopic (exact) mass is 1130 g/mol. The van der Waals surface area contributed by atoms with Crippen molar-refractivity contribution in [2.45, 2.75) is 22.2 Å². The number of primary sulfonamides is 2. The molecule has 2 atom stereocenters. The van der Waals surface area contributed by atoms with E-state index in [1.165, 1.54) is 119 Å². The van der Waals surface area contributed by atoms with Gasteiger partial charge in [-0.15, -0.1) is 0 Å². The van der Waals surface area contributed by atoms with E-state index in [1.807, 2.05) is 0 Å². The number of nitrogens with one attached hydrogen (secondary N) is 2. The number of benzene rings is 6. The third-order valence-electron chi connectivity index (χ3n) is 10.3. The first kappa shape index (κ1) is 49.9. The predicted molar refractivity (Wildman–Crippen MR) is 261 cm³/mol. The van der Waals surface area contributed by atoms with Crippen molar-refractivity contribution >= 4 is 72.0 Å². The van der Waals surface area contributed by atoms with E-state index in [9.17, 15) is 39.8 Å². The lowest BCUT2D eigenvalue weighted by Gasteiger charge is -2.23. The normalized spacial score (nSPS) is 13.1. The van der Waals surface area contributed by atoms with Crippen molar-refractivity contribution < 1.29 is 48.8 Å². The molecular formula is C46H35Br2F2N8O9PS2. The average molecular weight is 1140 g/mol. The van der Waals surface area contributed by atoms with Gasteiger partial charge in [0.1, 0.15) is 11.6 Å². The smallest absolute Gasteiger partial charge is 0.321 e. The van der Waals surface area contributed by atoms with E-state index in [1.54, 1.807) is 48.5 Å². The van der Waals surface area contributed by atoms with Crippen LogP contribution in [-0.2, 0) is 33.7 Å². The number of carbonyl (C=O) groups excluding carboxylic acids is 2. The lowest BCUT2D eigenvalue weighted by molar-refractivity contribution is 0.0688. The molecule has 2 aromatic heterocycles. The number of halogens is 4. The van der Waals surface area contributed by atoms with Crippen LogP contribution in [-0.4, -0.2) is 48.2 Å². The zero-order valence-corrected chi connectivity index (χ0v) is 41.4. The van der Waals surface area contributed by atoms with Gasteiger partial charge in [0.05, 0.1) is 32.6 Å². The van der Waals surface area contributed by atoms with Crippen LogP contribution in [0.5, 0.6) is 0 Å². The van der Waals surface area contributed by atoms with Crippen LogP contribution in [0.1, 0.15) is 44.6 Å². The molecule has 17 nitrogen and oxygen atoms in total. The van der Waals surface area contributed by atoms with E-state index in [4.69, 9.17) is 19.3 Å². The number of aromatic nitrogens is 4. The molecule has 0 spiro atoms. The molecule has 6 aromatic carbocycles. The Labute approximate surface area is 415 Å². The fourth-order valence-electron chi connectivity index (χ4n) is 6.83. The van der Waals surface area contributed by atoms with Gasteiger partial charge in [-0.1, -0.05) is 56.1 Å². The van der Waals surface area contributed by atoms with Crippen LogP contribution in [0.4, 0.5) is 8.78 Å². The first-order valence-corrected chi connectivity index (χ1v) is 26.2. The molecule has 2 heterocycles. The van der Waals surface area contributed by atoms with Crippen LogP contribution in [0.25, 0.3) is 33.9 Å². The molecule has 0 aliphatic heterocycles. The van der Waals surface area contributed by atoms with Gasteiger partial charge in [0, 0.05) is 31.2 Å². The number of nitrogens with zero attached hydrogens (tertiary/aromatic N) is 4. The second-order valence-electron chi connectivity index (χ2n) is 15.0. The number of rotatable bonds is 16. The molecule has 8 rings (SSSR count). The molecule has 0 radical (unpaired) electrons. The van der Waals surface area contributed by atoms with E-state index in [0.29, 0.717) is 54.0 Å². The number of hydrogen-bond acceptors (Lipinski definition) is 11. The molecule has 8 aromatic rings. The van der Waals surface area contributed by atoms with E-state index < -0.39 is 64.2 Å². The first-order chi connectivity index (χ1) is 33.3. The fraction of sp³-hybridized carbons (Fsp3) is 0.0435. The van der Waals surface area contributed by atoms with Crippen LogP contribution < -0.4 is 20.9 Å². The van der Waals surface area contributed by atoms with Crippen LogP contribution in [0.2, 0.25) is 0 Å². The third-order valence-corrected chi connectivity index (χ3v) is 14.1. The zero-order chi connectivity index (χ0) is 49.9. The van der Waals surface area contributed by atoms with Gasteiger partial charge in [0.25, 0.3) is 11.8 Å². The molecule has 358 valence electrons. The van der Waals surface area contributed by atoms with Crippen molar-refractivity contribution in [1.29, 1.82) is 0 Å². The summed E-state index contributed by atoms with van der Waals surface area (Å²) in [5, 5.41) is 25.0. The van der Waals surface area contributed by atoms with Gasteiger partial charge >= 0.3 is 8.25 Å². The van der Waals surface area contributed by atoms with Gasteiger partial charge in [-0.3, -0.25) is 23.2 Å². The Morgan fingerprint density at radius 3 is 1.19 bits per heavy atom. The molecule has 0 fully saturated rings. The minimum absolute atomic E-state index is 0.168. The average Bonchev–Trinajstić information content (AvgIpc) is 3.99. The number of hydrogen-bond donors (Lipinski definition) is 4. The summed E-state index contributed by atoms with van der Waals surface area (Å²) >= 11 is 6.76. The molecule has 2 amide bonds. The molecule has 0 bridgehead atoms. The van der Waals surface area contributed by atoms with E-state index in [0.717, 1.165) is 0 Å². The van der Waals surface area contributed by atoms with Gasteiger partial charge in [0.15, 0.2) is 23.8 Å². The van der Waals surface area contributed by atoms with Crippen molar-refractivity contribution in [1.82, 2.24) is 30.2 Å². The molecule has 0 aliphatic rings. The van der Waals surface area contributed by atoms with Crippen molar-refractivity contribution in [2.75, 3.05) is 0 Å². The Kier molecular flexibility index (Phi) is 14.8. The van der Waals surface area contributed by atoms with Crippen LogP contribution >= 0.6 is 40.1 Å². The summed E-state index contributed by atoms with van der Waals surface area (Å²) in [4.78, 5) is 28.0. The second-order valence-corrected chi connectivity index (χ2v) is 21.0. The van der Waals surface area contributed by atoms with Gasteiger partial charge in [-0.05, 0) is 133 Å². The molecule has 70 heavy (non-hydrogen) atoms. The van der Waals surface area contributed by atoms with Crippen LogP contribution in [0.15, 0.2) is 176 Å². The first-order valence-electron chi connectivity index (χ1n) is 20.3. The van der Waals surface area contributed by atoms with Crippen molar-refractivity contribution in [3.05, 3.63) is 201 Å². The summed E-state index contributed by atoms with van der Waals surface area (Å²) in [6.45, 7) is 0. The molecule has 6 N–H and O–H groups in total. The lowest BCUT2D eigenvalue weighted by atomic mass is 10.1. The summed E-state index contributed by atoms with van der Waals surface area (Å²) < 4.78 is 106. The van der Waals surface area contributed by atoms with Crippen molar-refractivity contribution in [2.24, 2.45) is 10.3 Å². The highest BCUT2D eigenvalue weighted by Crippen LogP contribution is 2.38. The van der Waals surface area contributed by atoms with Crippen LogP contribution in [0, 0.1) is 11.6 Å². The molecule has 0 saturated heterocycles. The Morgan fingerprint density at radius 2 is 0.871 bits per heavy atom. The number of carbonyl (C=O) groups is 2. The summed E-state index contributed by atoms with van der Waals surface area (Å²) in [6, 6.07) is 37.3.